The van der Waals surface area contributed by atoms with Gasteiger partial charge in [-0.1, -0.05) is 29.4 Å². The highest BCUT2D eigenvalue weighted by atomic mass is 16.5. The van der Waals surface area contributed by atoms with Gasteiger partial charge in [-0.05, 0) is 31.4 Å². The summed E-state index contributed by atoms with van der Waals surface area (Å²) in [6, 6.07) is 10.6. The van der Waals surface area contributed by atoms with Crippen LogP contribution in [0.3, 0.4) is 0 Å². The van der Waals surface area contributed by atoms with Gasteiger partial charge in [0, 0.05) is 38.8 Å². The van der Waals surface area contributed by atoms with Crippen molar-refractivity contribution >= 4 is 6.03 Å². The third-order valence-electron chi connectivity index (χ3n) is 4.75. The maximum absolute atomic E-state index is 12.3. The van der Waals surface area contributed by atoms with E-state index in [-0.39, 0.29) is 6.03 Å². The number of aromatic nitrogens is 1. The van der Waals surface area contributed by atoms with Gasteiger partial charge in [0.1, 0.15) is 11.5 Å². The fourth-order valence-electron chi connectivity index (χ4n) is 3.20. The van der Waals surface area contributed by atoms with E-state index < -0.39 is 0 Å². The predicted molar refractivity (Wildman–Crippen MR) is 96.1 cm³/mol. The van der Waals surface area contributed by atoms with Gasteiger partial charge < -0.3 is 14.7 Å². The van der Waals surface area contributed by atoms with Gasteiger partial charge in [0.25, 0.3) is 0 Å². The average Bonchev–Trinajstić information content (AvgIpc) is 3.03. The van der Waals surface area contributed by atoms with E-state index in [4.69, 9.17) is 4.52 Å². The third-order valence-corrected chi connectivity index (χ3v) is 4.75. The molecule has 6 nitrogen and oxygen atoms in total. The van der Waals surface area contributed by atoms with Crippen LogP contribution in [0.15, 0.2) is 34.9 Å². The number of fused-ring (bicyclic) bond motifs is 1. The Morgan fingerprint density at radius 1 is 1.40 bits per heavy atom. The minimum absolute atomic E-state index is 0.0927. The number of hydrogen-bond donors (Lipinski definition) is 1. The standard InChI is InChI=1S/C19H26N4O2/c1-14(23-9-8-16-6-4-5-7-17(16)12-23)11-20-19(24)22(3)13-18-10-15(2)25-21-18/h4-7,10,14H,8-9,11-13H2,1-3H3,(H,20,24). The number of amides is 2. The number of carbonyl (C=O) groups excluding carboxylic acids is 1. The summed E-state index contributed by atoms with van der Waals surface area (Å²) >= 11 is 0. The molecule has 0 saturated carbocycles. The largest absolute Gasteiger partial charge is 0.361 e. The second-order valence-electron chi connectivity index (χ2n) is 6.81. The molecule has 0 saturated heterocycles. The van der Waals surface area contributed by atoms with Crippen molar-refractivity contribution in [3.63, 3.8) is 0 Å². The fraction of sp³-hybridized carbons (Fsp3) is 0.474. The van der Waals surface area contributed by atoms with Crippen LogP contribution in [0, 0.1) is 6.92 Å². The van der Waals surface area contributed by atoms with Crippen molar-refractivity contribution in [1.29, 1.82) is 0 Å². The zero-order chi connectivity index (χ0) is 17.8. The summed E-state index contributed by atoms with van der Waals surface area (Å²) in [4.78, 5) is 16.3. The molecule has 1 aromatic carbocycles. The molecule has 0 spiro atoms. The van der Waals surface area contributed by atoms with Gasteiger partial charge in [-0.25, -0.2) is 4.79 Å². The molecule has 0 aliphatic carbocycles. The highest BCUT2D eigenvalue weighted by Crippen LogP contribution is 2.19. The number of hydrogen-bond acceptors (Lipinski definition) is 4. The Balaban J connectivity index is 1.47. The molecule has 0 bridgehead atoms. The lowest BCUT2D eigenvalue weighted by molar-refractivity contribution is 0.176. The molecule has 1 aliphatic heterocycles. The number of urea groups is 1. The summed E-state index contributed by atoms with van der Waals surface area (Å²) in [5.74, 6) is 0.753. The minimum atomic E-state index is -0.0927. The van der Waals surface area contributed by atoms with Crippen LogP contribution in [0.25, 0.3) is 0 Å². The van der Waals surface area contributed by atoms with Crippen LogP contribution in [0.2, 0.25) is 0 Å². The van der Waals surface area contributed by atoms with Crippen molar-refractivity contribution in [2.75, 3.05) is 20.1 Å². The lowest BCUT2D eigenvalue weighted by Gasteiger charge is -2.34. The first-order valence-electron chi connectivity index (χ1n) is 8.75. The van der Waals surface area contributed by atoms with Crippen LogP contribution in [0.1, 0.15) is 29.5 Å². The molecule has 6 heteroatoms. The SMILES string of the molecule is Cc1cc(CN(C)C(=O)NCC(C)N2CCc3ccccc3C2)no1. The van der Waals surface area contributed by atoms with Crippen molar-refractivity contribution in [2.24, 2.45) is 0 Å². The Hall–Kier alpha value is -2.34. The number of rotatable bonds is 5. The van der Waals surface area contributed by atoms with E-state index in [1.807, 2.05) is 13.0 Å². The van der Waals surface area contributed by atoms with Crippen LogP contribution in [-0.4, -0.2) is 47.2 Å². The molecule has 1 unspecified atom stereocenters. The molecule has 3 rings (SSSR count). The highest BCUT2D eigenvalue weighted by Gasteiger charge is 2.21. The first-order chi connectivity index (χ1) is 12.0. The van der Waals surface area contributed by atoms with E-state index in [1.165, 1.54) is 11.1 Å². The third kappa shape index (κ3) is 4.39. The summed E-state index contributed by atoms with van der Waals surface area (Å²) in [5, 5.41) is 6.94. The zero-order valence-electron chi connectivity index (χ0n) is 15.2. The number of aryl methyl sites for hydroxylation is 1. The van der Waals surface area contributed by atoms with Crippen molar-refractivity contribution < 1.29 is 9.32 Å². The second kappa shape index (κ2) is 7.70. The predicted octanol–water partition coefficient (Wildman–Crippen LogP) is 2.57. The van der Waals surface area contributed by atoms with E-state index in [2.05, 4.69) is 46.6 Å². The zero-order valence-corrected chi connectivity index (χ0v) is 15.2. The van der Waals surface area contributed by atoms with E-state index in [0.29, 0.717) is 19.1 Å². The normalized spacial score (nSPS) is 15.5. The Bertz CT molecular complexity index is 728. The molecular weight excluding hydrogens is 316 g/mol. The maximum atomic E-state index is 12.3. The van der Waals surface area contributed by atoms with Gasteiger partial charge in [-0.15, -0.1) is 0 Å². The van der Waals surface area contributed by atoms with Crippen molar-refractivity contribution in [3.05, 3.63) is 52.9 Å². The van der Waals surface area contributed by atoms with E-state index in [9.17, 15) is 4.79 Å². The molecule has 2 aromatic rings. The van der Waals surface area contributed by atoms with Crippen molar-refractivity contribution in [2.45, 2.75) is 39.4 Å². The second-order valence-corrected chi connectivity index (χ2v) is 6.81. The number of nitrogens with one attached hydrogen (secondary N) is 1. The van der Waals surface area contributed by atoms with E-state index in [1.54, 1.807) is 11.9 Å². The van der Waals surface area contributed by atoms with Crippen molar-refractivity contribution in [3.8, 4) is 0 Å². The van der Waals surface area contributed by atoms with Gasteiger partial charge in [-0.3, -0.25) is 4.90 Å². The minimum Gasteiger partial charge on any atom is -0.361 e. The molecule has 1 atom stereocenters. The smallest absolute Gasteiger partial charge is 0.317 e. The molecule has 2 amide bonds. The summed E-state index contributed by atoms with van der Waals surface area (Å²) in [6.45, 7) is 7.05. The molecule has 1 aliphatic rings. The maximum Gasteiger partial charge on any atom is 0.317 e. The molecule has 0 fully saturated rings. The molecule has 0 radical (unpaired) electrons. The monoisotopic (exact) mass is 342 g/mol. The molecule has 25 heavy (non-hydrogen) atoms. The van der Waals surface area contributed by atoms with Gasteiger partial charge in [0.05, 0.1) is 6.54 Å². The Labute approximate surface area is 148 Å². The Kier molecular flexibility index (Phi) is 5.38. The molecule has 1 aromatic heterocycles. The summed E-state index contributed by atoms with van der Waals surface area (Å²) in [7, 11) is 1.77. The topological polar surface area (TPSA) is 61.6 Å². The number of carbonyl (C=O) groups is 1. The van der Waals surface area contributed by atoms with Crippen LogP contribution in [0.4, 0.5) is 4.79 Å². The van der Waals surface area contributed by atoms with Gasteiger partial charge >= 0.3 is 6.03 Å². The van der Waals surface area contributed by atoms with Gasteiger partial charge in [-0.2, -0.15) is 0 Å². The van der Waals surface area contributed by atoms with Gasteiger partial charge in [0.2, 0.25) is 0 Å². The Morgan fingerprint density at radius 2 is 2.16 bits per heavy atom. The van der Waals surface area contributed by atoms with Crippen LogP contribution in [0.5, 0.6) is 0 Å². The summed E-state index contributed by atoms with van der Waals surface area (Å²) in [5.41, 5.74) is 3.60. The molecule has 1 N–H and O–H groups in total. The van der Waals surface area contributed by atoms with Crippen LogP contribution < -0.4 is 5.32 Å². The average molecular weight is 342 g/mol. The molecule has 2 heterocycles. The van der Waals surface area contributed by atoms with Crippen LogP contribution in [-0.2, 0) is 19.5 Å². The first kappa shape index (κ1) is 17.5. The summed E-state index contributed by atoms with van der Waals surface area (Å²) in [6.07, 6.45) is 1.07. The van der Waals surface area contributed by atoms with Crippen molar-refractivity contribution in [1.82, 2.24) is 20.3 Å². The van der Waals surface area contributed by atoms with E-state index >= 15 is 0 Å². The first-order valence-corrected chi connectivity index (χ1v) is 8.75. The number of benzene rings is 1. The van der Waals surface area contributed by atoms with E-state index in [0.717, 1.165) is 31.0 Å². The molecule has 134 valence electrons. The van der Waals surface area contributed by atoms with Crippen LogP contribution >= 0.6 is 0 Å². The fourth-order valence-corrected chi connectivity index (χ4v) is 3.20. The lowest BCUT2D eigenvalue weighted by atomic mass is 9.99. The highest BCUT2D eigenvalue weighted by molar-refractivity contribution is 5.73. The Morgan fingerprint density at radius 3 is 2.88 bits per heavy atom. The number of nitrogens with zero attached hydrogens (tertiary/aromatic N) is 3. The lowest BCUT2D eigenvalue weighted by Crippen LogP contribution is -2.46. The quantitative estimate of drug-likeness (QED) is 0.907. The van der Waals surface area contributed by atoms with Gasteiger partial charge in [0.15, 0.2) is 0 Å². The molecular formula is C19H26N4O2. The summed E-state index contributed by atoms with van der Waals surface area (Å²) < 4.78 is 5.04.